The van der Waals surface area contributed by atoms with Crippen molar-refractivity contribution in [3.8, 4) is 0 Å². The van der Waals surface area contributed by atoms with Crippen molar-refractivity contribution >= 4 is 23.1 Å². The maximum Gasteiger partial charge on any atom is 0.349 e. The summed E-state index contributed by atoms with van der Waals surface area (Å²) in [6.45, 7) is 0.648. The van der Waals surface area contributed by atoms with Gasteiger partial charge in [-0.1, -0.05) is 36.4 Å². The van der Waals surface area contributed by atoms with Gasteiger partial charge in [0.25, 0.3) is 0 Å². The number of benzene rings is 1. The molecule has 4 rings (SSSR count). The molecule has 128 valence electrons. The second-order valence-electron chi connectivity index (χ2n) is 6.27. The molecular formula is C20H20N2OS2. The summed E-state index contributed by atoms with van der Waals surface area (Å²) in [5.74, 6) is 0.856. The Morgan fingerprint density at radius 2 is 1.92 bits per heavy atom. The summed E-state index contributed by atoms with van der Waals surface area (Å²) in [5.41, 5.74) is 3.66. The predicted molar refractivity (Wildman–Crippen MR) is 105 cm³/mol. The monoisotopic (exact) mass is 368 g/mol. The third-order valence-electron chi connectivity index (χ3n) is 4.56. The van der Waals surface area contributed by atoms with Gasteiger partial charge in [-0.3, -0.25) is 4.57 Å². The summed E-state index contributed by atoms with van der Waals surface area (Å²) in [6.07, 6.45) is 4.36. The minimum Gasteiger partial charge on any atom is -0.291 e. The van der Waals surface area contributed by atoms with E-state index < -0.39 is 0 Å². The zero-order valence-corrected chi connectivity index (χ0v) is 15.6. The molecule has 0 N–H and O–H groups in total. The van der Waals surface area contributed by atoms with Gasteiger partial charge >= 0.3 is 5.69 Å². The highest BCUT2D eigenvalue weighted by Gasteiger charge is 2.20. The van der Waals surface area contributed by atoms with Gasteiger partial charge in [-0.2, -0.15) is 4.98 Å². The van der Waals surface area contributed by atoms with Gasteiger partial charge in [0, 0.05) is 21.9 Å². The van der Waals surface area contributed by atoms with Crippen molar-refractivity contribution in [3.63, 3.8) is 0 Å². The van der Waals surface area contributed by atoms with Gasteiger partial charge in [0.05, 0.1) is 6.54 Å². The van der Waals surface area contributed by atoms with Crippen LogP contribution in [0.3, 0.4) is 0 Å². The van der Waals surface area contributed by atoms with Gasteiger partial charge in [-0.25, -0.2) is 4.79 Å². The molecule has 0 radical (unpaired) electrons. The van der Waals surface area contributed by atoms with Crippen molar-refractivity contribution in [2.75, 3.05) is 0 Å². The number of hydrogen-bond donors (Lipinski definition) is 0. The number of nitrogens with zero attached hydrogens (tertiary/aromatic N) is 2. The first-order valence-electron chi connectivity index (χ1n) is 8.63. The Morgan fingerprint density at radius 1 is 1.08 bits per heavy atom. The zero-order chi connectivity index (χ0) is 17.1. The van der Waals surface area contributed by atoms with E-state index in [-0.39, 0.29) is 5.69 Å². The first-order chi connectivity index (χ1) is 12.3. The second-order valence-corrected chi connectivity index (χ2v) is 8.27. The highest BCUT2D eigenvalue weighted by atomic mass is 32.2. The summed E-state index contributed by atoms with van der Waals surface area (Å²) < 4.78 is 1.90. The van der Waals surface area contributed by atoms with Crippen LogP contribution in [0, 0.1) is 0 Å². The Hall–Kier alpha value is -1.85. The van der Waals surface area contributed by atoms with Gasteiger partial charge < -0.3 is 0 Å². The molecule has 0 bridgehead atoms. The van der Waals surface area contributed by atoms with Crippen molar-refractivity contribution in [1.29, 1.82) is 0 Å². The Balaban J connectivity index is 1.66. The van der Waals surface area contributed by atoms with Gasteiger partial charge in [0.15, 0.2) is 0 Å². The molecule has 0 spiro atoms. The van der Waals surface area contributed by atoms with E-state index in [1.807, 2.05) is 16.7 Å². The first kappa shape index (κ1) is 16.6. The van der Waals surface area contributed by atoms with Crippen molar-refractivity contribution < 1.29 is 0 Å². The molecule has 0 atom stereocenters. The van der Waals surface area contributed by atoms with Crippen LogP contribution in [0.1, 0.15) is 34.5 Å². The summed E-state index contributed by atoms with van der Waals surface area (Å²) >= 11 is 3.39. The van der Waals surface area contributed by atoms with E-state index in [4.69, 9.17) is 0 Å². The summed E-state index contributed by atoms with van der Waals surface area (Å²) in [4.78, 5) is 18.4. The van der Waals surface area contributed by atoms with Crippen LogP contribution < -0.4 is 5.69 Å². The fourth-order valence-electron chi connectivity index (χ4n) is 3.31. The first-order valence-corrected chi connectivity index (χ1v) is 10.5. The highest BCUT2D eigenvalue weighted by Crippen LogP contribution is 2.30. The molecule has 1 aromatic carbocycles. The van der Waals surface area contributed by atoms with E-state index in [0.717, 1.165) is 30.0 Å². The Kier molecular flexibility index (Phi) is 5.04. The van der Waals surface area contributed by atoms with Crippen molar-refractivity contribution in [3.05, 3.63) is 80.0 Å². The lowest BCUT2D eigenvalue weighted by molar-refractivity contribution is 0.571. The van der Waals surface area contributed by atoms with Crippen molar-refractivity contribution in [1.82, 2.24) is 9.55 Å². The Morgan fingerprint density at radius 3 is 2.72 bits per heavy atom. The smallest absolute Gasteiger partial charge is 0.291 e. The number of thioether (sulfide) groups is 1. The highest BCUT2D eigenvalue weighted by molar-refractivity contribution is 7.98. The Bertz CT molecular complexity index is 901. The van der Waals surface area contributed by atoms with E-state index in [1.54, 1.807) is 23.1 Å². The second kappa shape index (κ2) is 7.58. The van der Waals surface area contributed by atoms with Crippen LogP contribution in [0.2, 0.25) is 0 Å². The quantitative estimate of drug-likeness (QED) is 0.490. The largest absolute Gasteiger partial charge is 0.349 e. The average Bonchev–Trinajstić information content (AvgIpc) is 3.17. The molecule has 0 fully saturated rings. The third kappa shape index (κ3) is 3.72. The normalized spacial score (nSPS) is 13.6. The lowest BCUT2D eigenvalue weighted by Gasteiger charge is -2.22. The SMILES string of the molecule is O=c1nc(SCc2ccccc2)c2c(n1Cc1cccs1)CCCC2. The minimum absolute atomic E-state index is 0.107. The summed E-state index contributed by atoms with van der Waals surface area (Å²) in [7, 11) is 0. The van der Waals surface area contributed by atoms with Crippen LogP contribution in [0.5, 0.6) is 0 Å². The molecule has 0 saturated carbocycles. The molecule has 3 nitrogen and oxygen atoms in total. The van der Waals surface area contributed by atoms with Crippen molar-refractivity contribution in [2.45, 2.75) is 43.0 Å². The minimum atomic E-state index is -0.107. The van der Waals surface area contributed by atoms with E-state index in [9.17, 15) is 4.79 Å². The molecule has 2 aromatic heterocycles. The molecule has 0 unspecified atom stereocenters. The van der Waals surface area contributed by atoms with Crippen LogP contribution in [0.15, 0.2) is 57.7 Å². The maximum absolute atomic E-state index is 12.7. The van der Waals surface area contributed by atoms with E-state index in [2.05, 4.69) is 40.7 Å². The van der Waals surface area contributed by atoms with Crippen LogP contribution in [0.4, 0.5) is 0 Å². The summed E-state index contributed by atoms with van der Waals surface area (Å²) in [5, 5.41) is 3.00. The van der Waals surface area contributed by atoms with E-state index >= 15 is 0 Å². The fraction of sp³-hybridized carbons (Fsp3) is 0.300. The lowest BCUT2D eigenvalue weighted by Crippen LogP contribution is -2.30. The fourth-order valence-corrected chi connectivity index (χ4v) is 5.04. The topological polar surface area (TPSA) is 34.9 Å². The number of rotatable bonds is 5. The van der Waals surface area contributed by atoms with Gasteiger partial charge in [0.2, 0.25) is 0 Å². The van der Waals surface area contributed by atoms with Gasteiger partial charge in [0.1, 0.15) is 5.03 Å². The molecule has 1 aliphatic carbocycles. The van der Waals surface area contributed by atoms with Crippen LogP contribution in [-0.4, -0.2) is 9.55 Å². The molecule has 5 heteroatoms. The maximum atomic E-state index is 12.7. The number of thiophene rings is 1. The van der Waals surface area contributed by atoms with Crippen LogP contribution in [-0.2, 0) is 25.1 Å². The standard InChI is InChI=1S/C20H20N2OS2/c23-20-21-19(25-14-15-7-2-1-3-8-15)17-10-4-5-11-18(17)22(20)13-16-9-6-12-24-16/h1-3,6-9,12H,4-5,10-11,13-14H2. The lowest BCUT2D eigenvalue weighted by atomic mass is 9.97. The van der Waals surface area contributed by atoms with Crippen molar-refractivity contribution in [2.24, 2.45) is 0 Å². The average molecular weight is 369 g/mol. The molecule has 3 aromatic rings. The van der Waals surface area contributed by atoms with E-state index in [1.165, 1.54) is 28.1 Å². The molecule has 0 amide bonds. The molecule has 0 saturated heterocycles. The molecule has 0 aliphatic heterocycles. The third-order valence-corrected chi connectivity index (χ3v) is 6.51. The molecule has 25 heavy (non-hydrogen) atoms. The van der Waals surface area contributed by atoms with Crippen LogP contribution >= 0.6 is 23.1 Å². The number of fused-ring (bicyclic) bond motifs is 1. The Labute approximate surface area is 155 Å². The molecule has 1 aliphatic rings. The van der Waals surface area contributed by atoms with Gasteiger partial charge in [-0.15, -0.1) is 23.1 Å². The van der Waals surface area contributed by atoms with Crippen LogP contribution in [0.25, 0.3) is 0 Å². The van der Waals surface area contributed by atoms with Gasteiger partial charge in [-0.05, 0) is 42.7 Å². The number of hydrogen-bond acceptors (Lipinski definition) is 4. The molecular weight excluding hydrogens is 348 g/mol. The van der Waals surface area contributed by atoms with E-state index in [0.29, 0.717) is 6.54 Å². The summed E-state index contributed by atoms with van der Waals surface area (Å²) in [6, 6.07) is 14.5. The number of aromatic nitrogens is 2. The zero-order valence-electron chi connectivity index (χ0n) is 14.0. The predicted octanol–water partition coefficient (Wildman–Crippen LogP) is 4.52. The molecule has 2 heterocycles.